The van der Waals surface area contributed by atoms with Gasteiger partial charge in [0.25, 0.3) is 0 Å². The van der Waals surface area contributed by atoms with Gasteiger partial charge < -0.3 is 5.73 Å². The summed E-state index contributed by atoms with van der Waals surface area (Å²) in [6, 6.07) is 4.03. The molecule has 0 aromatic heterocycles. The quantitative estimate of drug-likeness (QED) is 0.789. The molecule has 6 heteroatoms. The van der Waals surface area contributed by atoms with Gasteiger partial charge in [0, 0.05) is 5.56 Å². The molecule has 0 radical (unpaired) electrons. The van der Waals surface area contributed by atoms with Crippen molar-refractivity contribution >= 4 is 15.7 Å². The third-order valence-electron chi connectivity index (χ3n) is 1.95. The first kappa shape index (κ1) is 13.5. The monoisotopic (exact) mass is 256 g/mol. The standard InChI is InChI=1S/C11H13FN2O2S/c1-2-17(15,16)14-11-6-5-9(4-3-7-13)8-10(11)12/h5-6,8,14H,2,7,13H2,1H3. The predicted molar refractivity (Wildman–Crippen MR) is 65.4 cm³/mol. The van der Waals surface area contributed by atoms with Gasteiger partial charge in [-0.15, -0.1) is 0 Å². The van der Waals surface area contributed by atoms with Crippen LogP contribution in [0.4, 0.5) is 10.1 Å². The van der Waals surface area contributed by atoms with Crippen LogP contribution < -0.4 is 10.5 Å². The van der Waals surface area contributed by atoms with Crippen molar-refractivity contribution in [1.29, 1.82) is 0 Å². The van der Waals surface area contributed by atoms with Crippen molar-refractivity contribution in [2.45, 2.75) is 6.92 Å². The molecular formula is C11H13FN2O2S. The molecule has 0 aliphatic carbocycles. The average Bonchev–Trinajstić information content (AvgIpc) is 2.29. The van der Waals surface area contributed by atoms with Crippen LogP contribution in [-0.2, 0) is 10.0 Å². The molecule has 92 valence electrons. The highest BCUT2D eigenvalue weighted by Crippen LogP contribution is 2.16. The molecule has 3 N–H and O–H groups in total. The number of halogens is 1. The Bertz CT molecular complexity index is 559. The van der Waals surface area contributed by atoms with Crippen LogP contribution >= 0.6 is 0 Å². The summed E-state index contributed by atoms with van der Waals surface area (Å²) in [6.45, 7) is 1.66. The van der Waals surface area contributed by atoms with E-state index in [1.807, 2.05) is 0 Å². The lowest BCUT2D eigenvalue weighted by Crippen LogP contribution is -2.15. The Morgan fingerprint density at radius 2 is 2.18 bits per heavy atom. The van der Waals surface area contributed by atoms with Crippen molar-refractivity contribution in [2.24, 2.45) is 5.73 Å². The molecule has 0 heterocycles. The zero-order chi connectivity index (χ0) is 12.9. The topological polar surface area (TPSA) is 72.2 Å². The lowest BCUT2D eigenvalue weighted by molar-refractivity contribution is 0.599. The lowest BCUT2D eigenvalue weighted by atomic mass is 10.2. The normalized spacial score (nSPS) is 10.5. The van der Waals surface area contributed by atoms with Gasteiger partial charge in [0.1, 0.15) is 5.82 Å². The van der Waals surface area contributed by atoms with Crippen LogP contribution in [0.25, 0.3) is 0 Å². The maximum atomic E-state index is 13.5. The Morgan fingerprint density at radius 3 is 2.71 bits per heavy atom. The summed E-state index contributed by atoms with van der Waals surface area (Å²) in [5.41, 5.74) is 5.56. The predicted octanol–water partition coefficient (Wildman–Crippen LogP) is 0.897. The van der Waals surface area contributed by atoms with E-state index in [2.05, 4.69) is 16.6 Å². The Balaban J connectivity index is 2.98. The molecule has 0 fully saturated rings. The second-order valence-electron chi connectivity index (χ2n) is 3.21. The zero-order valence-corrected chi connectivity index (χ0v) is 10.1. The fourth-order valence-electron chi connectivity index (χ4n) is 1.07. The molecule has 0 atom stereocenters. The van der Waals surface area contributed by atoms with Crippen LogP contribution in [0.2, 0.25) is 0 Å². The smallest absolute Gasteiger partial charge is 0.232 e. The third kappa shape index (κ3) is 4.06. The Kier molecular flexibility index (Phi) is 4.49. The van der Waals surface area contributed by atoms with Gasteiger partial charge in [-0.25, -0.2) is 12.8 Å². The Hall–Kier alpha value is -1.58. The zero-order valence-electron chi connectivity index (χ0n) is 9.33. The molecule has 17 heavy (non-hydrogen) atoms. The molecule has 0 amide bonds. The minimum Gasteiger partial charge on any atom is -0.320 e. The van der Waals surface area contributed by atoms with Crippen molar-refractivity contribution in [3.05, 3.63) is 29.6 Å². The largest absolute Gasteiger partial charge is 0.320 e. The van der Waals surface area contributed by atoms with Gasteiger partial charge in [0.2, 0.25) is 10.0 Å². The van der Waals surface area contributed by atoms with E-state index in [0.717, 1.165) is 6.07 Å². The minimum absolute atomic E-state index is 0.0786. The van der Waals surface area contributed by atoms with E-state index >= 15 is 0 Å². The maximum absolute atomic E-state index is 13.5. The summed E-state index contributed by atoms with van der Waals surface area (Å²) in [5.74, 6) is 4.47. The third-order valence-corrected chi connectivity index (χ3v) is 3.24. The lowest BCUT2D eigenvalue weighted by Gasteiger charge is -2.06. The number of nitrogens with one attached hydrogen (secondary N) is 1. The van der Waals surface area contributed by atoms with E-state index in [1.165, 1.54) is 19.1 Å². The summed E-state index contributed by atoms with van der Waals surface area (Å²) in [5, 5.41) is 0. The van der Waals surface area contributed by atoms with E-state index in [0.29, 0.717) is 5.56 Å². The SMILES string of the molecule is CCS(=O)(=O)Nc1ccc(C#CCN)cc1F. The second kappa shape index (κ2) is 5.66. The number of hydrogen-bond donors (Lipinski definition) is 2. The molecule has 1 aromatic carbocycles. The number of anilines is 1. The first-order chi connectivity index (χ1) is 7.98. The number of hydrogen-bond acceptors (Lipinski definition) is 3. The van der Waals surface area contributed by atoms with Gasteiger partial charge in [-0.3, -0.25) is 4.72 Å². The van der Waals surface area contributed by atoms with Crippen molar-refractivity contribution in [3.8, 4) is 11.8 Å². The van der Waals surface area contributed by atoms with Gasteiger partial charge in [-0.1, -0.05) is 11.8 Å². The summed E-state index contributed by atoms with van der Waals surface area (Å²) < 4.78 is 38.2. The van der Waals surface area contributed by atoms with Crippen molar-refractivity contribution in [3.63, 3.8) is 0 Å². The van der Waals surface area contributed by atoms with Crippen LogP contribution in [0.3, 0.4) is 0 Å². The van der Waals surface area contributed by atoms with Crippen LogP contribution in [-0.4, -0.2) is 20.7 Å². The van der Waals surface area contributed by atoms with Gasteiger partial charge >= 0.3 is 0 Å². The molecule has 1 rings (SSSR count). The fourth-order valence-corrected chi connectivity index (χ4v) is 1.71. The van der Waals surface area contributed by atoms with Gasteiger partial charge in [-0.05, 0) is 25.1 Å². The number of sulfonamides is 1. The van der Waals surface area contributed by atoms with Crippen LogP contribution in [0.1, 0.15) is 12.5 Å². The summed E-state index contributed by atoms with van der Waals surface area (Å²) in [7, 11) is -3.47. The first-order valence-corrected chi connectivity index (χ1v) is 6.62. The molecule has 0 aliphatic rings. The summed E-state index contributed by atoms with van der Waals surface area (Å²) in [4.78, 5) is 0. The van der Waals surface area contributed by atoms with Crippen LogP contribution in [0, 0.1) is 17.7 Å². The molecule has 1 aromatic rings. The Morgan fingerprint density at radius 1 is 1.47 bits per heavy atom. The molecule has 0 saturated carbocycles. The molecule has 4 nitrogen and oxygen atoms in total. The minimum atomic E-state index is -3.47. The number of rotatable bonds is 3. The van der Waals surface area contributed by atoms with Crippen LogP contribution in [0.5, 0.6) is 0 Å². The highest BCUT2D eigenvalue weighted by molar-refractivity contribution is 7.92. The second-order valence-corrected chi connectivity index (χ2v) is 5.22. The van der Waals surface area contributed by atoms with Crippen molar-refractivity contribution in [2.75, 3.05) is 17.0 Å². The average molecular weight is 256 g/mol. The molecule has 0 aliphatic heterocycles. The van der Waals surface area contributed by atoms with E-state index in [4.69, 9.17) is 5.73 Å². The van der Waals surface area contributed by atoms with E-state index < -0.39 is 15.8 Å². The summed E-state index contributed by atoms with van der Waals surface area (Å²) in [6.07, 6.45) is 0. The van der Waals surface area contributed by atoms with Gasteiger partial charge in [0.05, 0.1) is 18.0 Å². The highest BCUT2D eigenvalue weighted by atomic mass is 32.2. The molecular weight excluding hydrogens is 243 g/mol. The van der Waals surface area contributed by atoms with E-state index in [9.17, 15) is 12.8 Å². The van der Waals surface area contributed by atoms with Gasteiger partial charge in [-0.2, -0.15) is 0 Å². The molecule has 0 saturated heterocycles. The van der Waals surface area contributed by atoms with Crippen LogP contribution in [0.15, 0.2) is 18.2 Å². The highest BCUT2D eigenvalue weighted by Gasteiger charge is 2.10. The molecule has 0 spiro atoms. The van der Waals surface area contributed by atoms with E-state index in [-0.39, 0.29) is 18.0 Å². The van der Waals surface area contributed by atoms with E-state index in [1.54, 1.807) is 0 Å². The van der Waals surface area contributed by atoms with Gasteiger partial charge in [0.15, 0.2) is 0 Å². The van der Waals surface area contributed by atoms with Crippen molar-refractivity contribution < 1.29 is 12.8 Å². The van der Waals surface area contributed by atoms with Crippen molar-refractivity contribution in [1.82, 2.24) is 0 Å². The number of benzene rings is 1. The molecule has 0 bridgehead atoms. The molecule has 0 unspecified atom stereocenters. The Labute approximate surface area is 100 Å². The number of nitrogens with two attached hydrogens (primary N) is 1. The first-order valence-electron chi connectivity index (χ1n) is 4.97. The fraction of sp³-hybridized carbons (Fsp3) is 0.273. The summed E-state index contributed by atoms with van der Waals surface area (Å²) >= 11 is 0. The maximum Gasteiger partial charge on any atom is 0.232 e.